The summed E-state index contributed by atoms with van der Waals surface area (Å²) in [5.41, 5.74) is 1.48. The van der Waals surface area contributed by atoms with Gasteiger partial charge < -0.3 is 14.4 Å². The molecule has 5 heteroatoms. The molecule has 1 amide bonds. The molecule has 0 aliphatic carbocycles. The summed E-state index contributed by atoms with van der Waals surface area (Å²) in [4.78, 5) is 14.1. The number of nitrogens with zero attached hydrogens (tertiary/aromatic N) is 1. The van der Waals surface area contributed by atoms with E-state index in [1.165, 1.54) is 0 Å². The predicted molar refractivity (Wildman–Crippen MR) is 84.7 cm³/mol. The van der Waals surface area contributed by atoms with Crippen molar-refractivity contribution in [3.63, 3.8) is 0 Å². The number of hydrogen-bond acceptors (Lipinski definition) is 3. The average Bonchev–Trinajstić information content (AvgIpc) is 2.54. The minimum absolute atomic E-state index is 0.111. The van der Waals surface area contributed by atoms with Crippen molar-refractivity contribution in [1.82, 2.24) is 4.90 Å². The molecule has 0 fully saturated rings. The molecule has 0 saturated heterocycles. The van der Waals surface area contributed by atoms with Gasteiger partial charge in [-0.05, 0) is 29.8 Å². The van der Waals surface area contributed by atoms with Crippen molar-refractivity contribution in [2.75, 3.05) is 20.3 Å². The van der Waals surface area contributed by atoms with Crippen molar-refractivity contribution in [3.05, 3.63) is 58.6 Å². The van der Waals surface area contributed by atoms with Crippen molar-refractivity contribution < 1.29 is 14.3 Å². The van der Waals surface area contributed by atoms with Gasteiger partial charge >= 0.3 is 0 Å². The summed E-state index contributed by atoms with van der Waals surface area (Å²) in [6, 6.07) is 12.8. The molecule has 22 heavy (non-hydrogen) atoms. The number of fused-ring (bicyclic) bond motifs is 1. The smallest absolute Gasteiger partial charge is 0.255 e. The molecular formula is C17H16ClNO3. The van der Waals surface area contributed by atoms with Gasteiger partial charge in [-0.1, -0.05) is 29.8 Å². The van der Waals surface area contributed by atoms with E-state index in [9.17, 15) is 4.79 Å². The van der Waals surface area contributed by atoms with Gasteiger partial charge in [0.2, 0.25) is 0 Å². The molecule has 3 rings (SSSR count). The first-order valence-corrected chi connectivity index (χ1v) is 7.41. The van der Waals surface area contributed by atoms with Crippen LogP contribution >= 0.6 is 11.6 Å². The number of hydrogen-bond donors (Lipinski definition) is 0. The molecule has 4 nitrogen and oxygen atoms in total. The molecule has 0 bridgehead atoms. The van der Waals surface area contributed by atoms with E-state index in [4.69, 9.17) is 21.1 Å². The Morgan fingerprint density at radius 2 is 1.86 bits per heavy atom. The van der Waals surface area contributed by atoms with Crippen LogP contribution in [-0.2, 0) is 6.54 Å². The molecule has 2 aromatic carbocycles. The lowest BCUT2D eigenvalue weighted by atomic mass is 10.1. The van der Waals surface area contributed by atoms with Crippen LogP contribution in [0.15, 0.2) is 42.5 Å². The van der Waals surface area contributed by atoms with Gasteiger partial charge in [0.15, 0.2) is 11.5 Å². The topological polar surface area (TPSA) is 38.8 Å². The molecule has 0 atom stereocenters. The summed E-state index contributed by atoms with van der Waals surface area (Å²) in [7, 11) is 1.75. The van der Waals surface area contributed by atoms with Crippen molar-refractivity contribution in [2.24, 2.45) is 0 Å². The van der Waals surface area contributed by atoms with Gasteiger partial charge in [-0.2, -0.15) is 0 Å². The first-order chi connectivity index (χ1) is 10.6. The number of carbonyl (C=O) groups excluding carboxylic acids is 1. The summed E-state index contributed by atoms with van der Waals surface area (Å²) in [6.07, 6.45) is 0. The SMILES string of the molecule is CN(Cc1ccc2c(c1)OCCO2)C(=O)c1ccccc1Cl. The molecule has 114 valence electrons. The van der Waals surface area contributed by atoms with Crippen molar-refractivity contribution >= 4 is 17.5 Å². The molecule has 0 radical (unpaired) electrons. The average molecular weight is 318 g/mol. The quantitative estimate of drug-likeness (QED) is 0.871. The van der Waals surface area contributed by atoms with Gasteiger partial charge in [0.1, 0.15) is 13.2 Å². The molecular weight excluding hydrogens is 302 g/mol. The van der Waals surface area contributed by atoms with Crippen LogP contribution in [-0.4, -0.2) is 31.1 Å². The standard InChI is InChI=1S/C17H16ClNO3/c1-19(17(20)13-4-2-3-5-14(13)18)11-12-6-7-15-16(10-12)22-9-8-21-15/h2-7,10H,8-9,11H2,1H3. The third-order valence-electron chi connectivity index (χ3n) is 3.48. The first-order valence-electron chi connectivity index (χ1n) is 7.03. The highest BCUT2D eigenvalue weighted by molar-refractivity contribution is 6.33. The lowest BCUT2D eigenvalue weighted by molar-refractivity contribution is 0.0785. The van der Waals surface area contributed by atoms with E-state index in [2.05, 4.69) is 0 Å². The number of halogens is 1. The minimum atomic E-state index is -0.111. The first kappa shape index (κ1) is 14.7. The van der Waals surface area contributed by atoms with E-state index < -0.39 is 0 Å². The zero-order valence-electron chi connectivity index (χ0n) is 12.2. The highest BCUT2D eigenvalue weighted by atomic mass is 35.5. The maximum atomic E-state index is 12.4. The van der Waals surface area contributed by atoms with Crippen LogP contribution < -0.4 is 9.47 Å². The summed E-state index contributed by atoms with van der Waals surface area (Å²) in [5.74, 6) is 1.36. The van der Waals surface area contributed by atoms with E-state index in [-0.39, 0.29) is 5.91 Å². The lowest BCUT2D eigenvalue weighted by Crippen LogP contribution is -2.26. The normalized spacial score (nSPS) is 12.8. The third-order valence-corrected chi connectivity index (χ3v) is 3.81. The molecule has 2 aromatic rings. The summed E-state index contributed by atoms with van der Waals surface area (Å²) in [6.45, 7) is 1.59. The maximum Gasteiger partial charge on any atom is 0.255 e. The van der Waals surface area contributed by atoms with Crippen molar-refractivity contribution in [3.8, 4) is 11.5 Å². The van der Waals surface area contributed by atoms with Crippen LogP contribution in [0.5, 0.6) is 11.5 Å². The van der Waals surface area contributed by atoms with Crippen LogP contribution in [0.1, 0.15) is 15.9 Å². The number of rotatable bonds is 3. The predicted octanol–water partition coefficient (Wildman–Crippen LogP) is 3.38. The summed E-state index contributed by atoms with van der Waals surface area (Å²) < 4.78 is 11.1. The second-order valence-corrected chi connectivity index (χ2v) is 5.53. The molecule has 0 unspecified atom stereocenters. The van der Waals surface area contributed by atoms with E-state index in [0.29, 0.717) is 30.3 Å². The Hall–Kier alpha value is -2.20. The Labute approximate surface area is 134 Å². The van der Waals surface area contributed by atoms with E-state index in [0.717, 1.165) is 17.1 Å². The van der Waals surface area contributed by atoms with E-state index in [1.807, 2.05) is 18.2 Å². The Balaban J connectivity index is 1.75. The highest BCUT2D eigenvalue weighted by Crippen LogP contribution is 2.31. The largest absolute Gasteiger partial charge is 0.486 e. The molecule has 1 aliphatic heterocycles. The van der Waals surface area contributed by atoms with Gasteiger partial charge in [-0.15, -0.1) is 0 Å². The van der Waals surface area contributed by atoms with Gasteiger partial charge in [-0.3, -0.25) is 4.79 Å². The monoisotopic (exact) mass is 317 g/mol. The Morgan fingerprint density at radius 3 is 2.64 bits per heavy atom. The second-order valence-electron chi connectivity index (χ2n) is 5.12. The number of ether oxygens (including phenoxy) is 2. The van der Waals surface area contributed by atoms with Crippen molar-refractivity contribution in [1.29, 1.82) is 0 Å². The summed E-state index contributed by atoms with van der Waals surface area (Å²) >= 11 is 6.08. The fourth-order valence-corrected chi connectivity index (χ4v) is 2.59. The van der Waals surface area contributed by atoms with Crippen LogP contribution in [0, 0.1) is 0 Å². The van der Waals surface area contributed by atoms with Gasteiger partial charge in [0.25, 0.3) is 5.91 Å². The van der Waals surface area contributed by atoms with E-state index in [1.54, 1.807) is 36.2 Å². The zero-order valence-corrected chi connectivity index (χ0v) is 13.0. The van der Waals surface area contributed by atoms with Crippen LogP contribution in [0.25, 0.3) is 0 Å². The van der Waals surface area contributed by atoms with Crippen LogP contribution in [0.4, 0.5) is 0 Å². The lowest BCUT2D eigenvalue weighted by Gasteiger charge is -2.21. The molecule has 0 saturated carbocycles. The van der Waals surface area contributed by atoms with Gasteiger partial charge in [-0.25, -0.2) is 0 Å². The fourth-order valence-electron chi connectivity index (χ4n) is 2.37. The molecule has 0 spiro atoms. The van der Waals surface area contributed by atoms with Crippen LogP contribution in [0.3, 0.4) is 0 Å². The third kappa shape index (κ3) is 3.02. The minimum Gasteiger partial charge on any atom is -0.486 e. The zero-order chi connectivity index (χ0) is 15.5. The van der Waals surface area contributed by atoms with Gasteiger partial charge in [0.05, 0.1) is 10.6 Å². The van der Waals surface area contributed by atoms with Crippen LogP contribution in [0.2, 0.25) is 5.02 Å². The number of benzene rings is 2. The molecule has 0 N–H and O–H groups in total. The Kier molecular flexibility index (Phi) is 4.20. The van der Waals surface area contributed by atoms with Crippen molar-refractivity contribution in [2.45, 2.75) is 6.54 Å². The number of carbonyl (C=O) groups is 1. The molecule has 1 aliphatic rings. The summed E-state index contributed by atoms with van der Waals surface area (Å²) in [5, 5.41) is 0.460. The molecule has 1 heterocycles. The fraction of sp³-hybridized carbons (Fsp3) is 0.235. The maximum absolute atomic E-state index is 12.4. The highest BCUT2D eigenvalue weighted by Gasteiger charge is 2.17. The molecule has 0 aromatic heterocycles. The second kappa shape index (κ2) is 6.28. The Bertz CT molecular complexity index is 702. The van der Waals surface area contributed by atoms with E-state index >= 15 is 0 Å². The number of amides is 1. The Morgan fingerprint density at radius 1 is 1.14 bits per heavy atom. The van der Waals surface area contributed by atoms with Gasteiger partial charge in [0, 0.05) is 13.6 Å².